The maximum absolute atomic E-state index is 14.2. The maximum Gasteiger partial charge on any atom is 0.259 e. The van der Waals surface area contributed by atoms with E-state index in [0.29, 0.717) is 22.6 Å². The molecular weight excluding hydrogens is 271 g/mol. The lowest BCUT2D eigenvalue weighted by Crippen LogP contribution is -2.19. The molecule has 2 N–H and O–H groups in total. The second-order valence-corrected chi connectivity index (χ2v) is 5.22. The van der Waals surface area contributed by atoms with E-state index in [0.717, 1.165) is 25.9 Å². The quantitative estimate of drug-likeness (QED) is 0.913. The zero-order chi connectivity index (χ0) is 14.8. The van der Waals surface area contributed by atoms with E-state index < -0.39 is 0 Å². The standard InChI is InChI=1S/C15H17FN4O/c1-10-12(9-17-19-10)15(21)18-11-4-5-14(13(16)8-11)20-6-2-3-7-20/h4-5,8-9H,2-3,6-7H2,1H3,(H,17,19)(H,18,21). The molecule has 2 heterocycles. The normalized spacial score (nSPS) is 14.5. The molecule has 1 saturated heterocycles. The Bertz CT molecular complexity index is 661. The van der Waals surface area contributed by atoms with Gasteiger partial charge in [0.2, 0.25) is 0 Å². The number of anilines is 2. The lowest BCUT2D eigenvalue weighted by Gasteiger charge is -2.18. The number of benzene rings is 1. The van der Waals surface area contributed by atoms with Crippen LogP contribution in [0.3, 0.4) is 0 Å². The molecular formula is C15H17FN4O. The fourth-order valence-corrected chi connectivity index (χ4v) is 2.58. The number of hydrogen-bond acceptors (Lipinski definition) is 3. The topological polar surface area (TPSA) is 61.0 Å². The van der Waals surface area contributed by atoms with Gasteiger partial charge in [-0.1, -0.05) is 0 Å². The number of rotatable bonds is 3. The van der Waals surface area contributed by atoms with Gasteiger partial charge in [0.15, 0.2) is 0 Å². The van der Waals surface area contributed by atoms with Crippen LogP contribution < -0.4 is 10.2 Å². The summed E-state index contributed by atoms with van der Waals surface area (Å²) in [5.41, 5.74) is 2.19. The second kappa shape index (κ2) is 5.55. The predicted octanol–water partition coefficient (Wildman–Crippen LogP) is 2.71. The van der Waals surface area contributed by atoms with Gasteiger partial charge in [-0.2, -0.15) is 5.10 Å². The fraction of sp³-hybridized carbons (Fsp3) is 0.333. The molecule has 1 amide bonds. The summed E-state index contributed by atoms with van der Waals surface area (Å²) < 4.78 is 14.2. The van der Waals surface area contributed by atoms with Crippen LogP contribution in [0.1, 0.15) is 28.9 Å². The third-order valence-corrected chi connectivity index (χ3v) is 3.73. The molecule has 3 rings (SSSR count). The van der Waals surface area contributed by atoms with Crippen LogP contribution in [0.2, 0.25) is 0 Å². The first-order valence-electron chi connectivity index (χ1n) is 7.01. The first-order chi connectivity index (χ1) is 10.1. The van der Waals surface area contributed by atoms with Crippen molar-refractivity contribution in [3.8, 4) is 0 Å². The number of aromatic amines is 1. The van der Waals surface area contributed by atoms with Gasteiger partial charge >= 0.3 is 0 Å². The van der Waals surface area contributed by atoms with Crippen LogP contribution in [0.4, 0.5) is 15.8 Å². The van der Waals surface area contributed by atoms with E-state index in [1.165, 1.54) is 12.3 Å². The minimum Gasteiger partial charge on any atom is -0.369 e. The van der Waals surface area contributed by atoms with Crippen molar-refractivity contribution in [1.29, 1.82) is 0 Å². The molecule has 0 bridgehead atoms. The number of carbonyl (C=O) groups excluding carboxylic acids is 1. The van der Waals surface area contributed by atoms with Gasteiger partial charge in [0.25, 0.3) is 5.91 Å². The van der Waals surface area contributed by atoms with E-state index in [1.807, 2.05) is 4.90 Å². The predicted molar refractivity (Wildman–Crippen MR) is 79.1 cm³/mol. The Hall–Kier alpha value is -2.37. The molecule has 0 saturated carbocycles. The van der Waals surface area contributed by atoms with Crippen molar-refractivity contribution in [1.82, 2.24) is 10.2 Å². The summed E-state index contributed by atoms with van der Waals surface area (Å²) >= 11 is 0. The minimum atomic E-state index is -0.307. The maximum atomic E-state index is 14.2. The van der Waals surface area contributed by atoms with Gasteiger partial charge in [0.1, 0.15) is 5.82 Å². The Morgan fingerprint density at radius 3 is 2.76 bits per heavy atom. The Balaban J connectivity index is 1.76. The van der Waals surface area contributed by atoms with Gasteiger partial charge in [-0.15, -0.1) is 0 Å². The molecule has 0 unspecified atom stereocenters. The number of hydrogen-bond donors (Lipinski definition) is 2. The number of H-pyrrole nitrogens is 1. The first kappa shape index (κ1) is 13.6. The third kappa shape index (κ3) is 2.74. The summed E-state index contributed by atoms with van der Waals surface area (Å²) in [5, 5.41) is 9.19. The average molecular weight is 288 g/mol. The SMILES string of the molecule is Cc1[nH]ncc1C(=O)Nc1ccc(N2CCCC2)c(F)c1. The van der Waals surface area contributed by atoms with Crippen molar-refractivity contribution in [3.63, 3.8) is 0 Å². The van der Waals surface area contributed by atoms with Gasteiger partial charge in [-0.3, -0.25) is 9.89 Å². The third-order valence-electron chi connectivity index (χ3n) is 3.73. The van der Waals surface area contributed by atoms with Crippen LogP contribution in [0.15, 0.2) is 24.4 Å². The summed E-state index contributed by atoms with van der Waals surface area (Å²) in [6.45, 7) is 3.53. The van der Waals surface area contributed by atoms with Crippen LogP contribution >= 0.6 is 0 Å². The van der Waals surface area contributed by atoms with Crippen LogP contribution in [-0.2, 0) is 0 Å². The van der Waals surface area contributed by atoms with E-state index in [2.05, 4.69) is 15.5 Å². The highest BCUT2D eigenvalue weighted by Crippen LogP contribution is 2.26. The van der Waals surface area contributed by atoms with Crippen molar-refractivity contribution in [2.45, 2.75) is 19.8 Å². The highest BCUT2D eigenvalue weighted by atomic mass is 19.1. The highest BCUT2D eigenvalue weighted by molar-refractivity contribution is 6.04. The zero-order valence-electron chi connectivity index (χ0n) is 11.8. The van der Waals surface area contributed by atoms with Gasteiger partial charge in [-0.05, 0) is 38.0 Å². The molecule has 0 radical (unpaired) electrons. The summed E-state index contributed by atoms with van der Waals surface area (Å²) in [5.74, 6) is -0.604. The van der Waals surface area contributed by atoms with Crippen LogP contribution in [-0.4, -0.2) is 29.2 Å². The monoisotopic (exact) mass is 288 g/mol. The largest absolute Gasteiger partial charge is 0.369 e. The lowest BCUT2D eigenvalue weighted by molar-refractivity contribution is 0.102. The molecule has 0 atom stereocenters. The molecule has 5 nitrogen and oxygen atoms in total. The van der Waals surface area contributed by atoms with Crippen LogP contribution in [0, 0.1) is 12.7 Å². The summed E-state index contributed by atoms with van der Waals surface area (Å²) in [6, 6.07) is 4.81. The number of amides is 1. The number of halogens is 1. The first-order valence-corrected chi connectivity index (χ1v) is 7.01. The van der Waals surface area contributed by atoms with Gasteiger partial charge < -0.3 is 10.2 Å². The van der Waals surface area contributed by atoms with E-state index in [1.54, 1.807) is 19.1 Å². The summed E-state index contributed by atoms with van der Waals surface area (Å²) in [4.78, 5) is 14.1. The van der Waals surface area contributed by atoms with Crippen molar-refractivity contribution in [2.24, 2.45) is 0 Å². The smallest absolute Gasteiger partial charge is 0.259 e. The number of aryl methyl sites for hydroxylation is 1. The molecule has 1 fully saturated rings. The molecule has 1 aliphatic heterocycles. The molecule has 1 aromatic heterocycles. The number of nitrogens with one attached hydrogen (secondary N) is 2. The van der Waals surface area contributed by atoms with E-state index in [-0.39, 0.29) is 11.7 Å². The lowest BCUT2D eigenvalue weighted by atomic mass is 10.2. The molecule has 0 spiro atoms. The summed E-state index contributed by atoms with van der Waals surface area (Å²) in [6.07, 6.45) is 3.65. The van der Waals surface area contributed by atoms with Gasteiger partial charge in [-0.25, -0.2) is 4.39 Å². The Morgan fingerprint density at radius 2 is 2.14 bits per heavy atom. The Kier molecular flexibility index (Phi) is 3.60. The molecule has 1 aromatic carbocycles. The van der Waals surface area contributed by atoms with Crippen molar-refractivity contribution in [2.75, 3.05) is 23.3 Å². The molecule has 6 heteroatoms. The number of nitrogens with zero attached hydrogens (tertiary/aromatic N) is 2. The number of aromatic nitrogens is 2. The van der Waals surface area contributed by atoms with Gasteiger partial charge in [0, 0.05) is 24.5 Å². The Labute approximate surface area is 122 Å². The Morgan fingerprint density at radius 1 is 1.38 bits per heavy atom. The highest BCUT2D eigenvalue weighted by Gasteiger charge is 2.17. The average Bonchev–Trinajstić information content (AvgIpc) is 3.10. The van der Waals surface area contributed by atoms with E-state index >= 15 is 0 Å². The molecule has 110 valence electrons. The van der Waals surface area contributed by atoms with Crippen molar-refractivity contribution >= 4 is 17.3 Å². The molecule has 0 aliphatic carbocycles. The zero-order valence-corrected chi connectivity index (χ0v) is 11.8. The van der Waals surface area contributed by atoms with Crippen molar-refractivity contribution < 1.29 is 9.18 Å². The second-order valence-electron chi connectivity index (χ2n) is 5.22. The van der Waals surface area contributed by atoms with E-state index in [4.69, 9.17) is 0 Å². The summed E-state index contributed by atoms with van der Waals surface area (Å²) in [7, 11) is 0. The van der Waals surface area contributed by atoms with Gasteiger partial charge in [0.05, 0.1) is 17.4 Å². The number of carbonyl (C=O) groups is 1. The fourth-order valence-electron chi connectivity index (χ4n) is 2.58. The molecule has 2 aromatic rings. The minimum absolute atomic E-state index is 0.297. The van der Waals surface area contributed by atoms with Crippen LogP contribution in [0.25, 0.3) is 0 Å². The van der Waals surface area contributed by atoms with E-state index in [9.17, 15) is 9.18 Å². The van der Waals surface area contributed by atoms with Crippen LogP contribution in [0.5, 0.6) is 0 Å². The molecule has 1 aliphatic rings. The van der Waals surface area contributed by atoms with Crippen molar-refractivity contribution in [3.05, 3.63) is 41.5 Å². The molecule has 21 heavy (non-hydrogen) atoms.